The average Bonchev–Trinajstić information content (AvgIpc) is 2.72. The highest BCUT2D eigenvalue weighted by Gasteiger charge is 2.28. The highest BCUT2D eigenvalue weighted by atomic mass is 32.2. The minimum Gasteiger partial charge on any atom is -0.333 e. The fourth-order valence-electron chi connectivity index (χ4n) is 1.71. The number of aromatic nitrogens is 2. The van der Waals surface area contributed by atoms with E-state index in [0.717, 1.165) is 12.4 Å². The molecule has 0 aliphatic rings. The monoisotopic (exact) mass is 301 g/mol. The summed E-state index contributed by atoms with van der Waals surface area (Å²) in [5.41, 5.74) is 0. The van der Waals surface area contributed by atoms with Crippen LogP contribution >= 0.6 is 0 Å². The van der Waals surface area contributed by atoms with Crippen LogP contribution in [-0.4, -0.2) is 35.0 Å². The molecule has 1 rings (SSSR count). The molecule has 20 heavy (non-hydrogen) atoms. The molecule has 0 aliphatic carbocycles. The van der Waals surface area contributed by atoms with Crippen molar-refractivity contribution >= 4 is 9.84 Å². The molecule has 0 aliphatic heterocycles. The molecule has 0 saturated heterocycles. The van der Waals surface area contributed by atoms with Gasteiger partial charge in [0.1, 0.15) is 5.82 Å². The summed E-state index contributed by atoms with van der Waals surface area (Å²) in [6, 6.07) is 0. The molecule has 0 radical (unpaired) electrons. The highest BCUT2D eigenvalue weighted by molar-refractivity contribution is 7.92. The smallest absolute Gasteiger partial charge is 0.156 e. The molecular weight excluding hydrogens is 274 g/mol. The van der Waals surface area contributed by atoms with E-state index in [1.807, 2.05) is 10.8 Å². The van der Waals surface area contributed by atoms with Gasteiger partial charge < -0.3 is 9.88 Å². The number of sulfone groups is 1. The van der Waals surface area contributed by atoms with Gasteiger partial charge in [-0.3, -0.25) is 0 Å². The Bertz CT molecular complexity index is 513. The minimum absolute atomic E-state index is 0.143. The number of aryl methyl sites for hydroxylation is 1. The van der Waals surface area contributed by atoms with E-state index in [0.29, 0.717) is 19.0 Å². The Balaban J connectivity index is 2.60. The second-order valence-electron chi connectivity index (χ2n) is 6.49. The number of hydrogen-bond donors (Lipinski definition) is 1. The second kappa shape index (κ2) is 6.72. The van der Waals surface area contributed by atoms with E-state index >= 15 is 0 Å². The lowest BCUT2D eigenvalue weighted by atomic mass is 10.2. The quantitative estimate of drug-likeness (QED) is 0.834. The number of nitrogens with one attached hydrogen (secondary N) is 1. The fourth-order valence-corrected chi connectivity index (χ4v) is 2.76. The van der Waals surface area contributed by atoms with Gasteiger partial charge in [0.25, 0.3) is 0 Å². The van der Waals surface area contributed by atoms with Crippen molar-refractivity contribution in [1.29, 1.82) is 0 Å². The lowest BCUT2D eigenvalue weighted by molar-refractivity contribution is 0.526. The average molecular weight is 301 g/mol. The third kappa shape index (κ3) is 4.90. The summed E-state index contributed by atoms with van der Waals surface area (Å²) in [4.78, 5) is 4.28. The van der Waals surface area contributed by atoms with Gasteiger partial charge in [-0.2, -0.15) is 0 Å². The van der Waals surface area contributed by atoms with Gasteiger partial charge in [-0.25, -0.2) is 13.4 Å². The predicted octanol–water partition coefficient (Wildman–Crippen LogP) is 1.84. The molecular formula is C14H27N3O2S. The Morgan fingerprint density at radius 3 is 2.55 bits per heavy atom. The van der Waals surface area contributed by atoms with E-state index < -0.39 is 14.6 Å². The molecule has 0 saturated carbocycles. The SMILES string of the molecule is CC(C)CNCc1nccn1CCS(=O)(=O)C(C)(C)C. The lowest BCUT2D eigenvalue weighted by Gasteiger charge is -2.19. The summed E-state index contributed by atoms with van der Waals surface area (Å²) in [7, 11) is -3.09. The molecule has 0 bridgehead atoms. The summed E-state index contributed by atoms with van der Waals surface area (Å²) in [6.07, 6.45) is 3.56. The van der Waals surface area contributed by atoms with E-state index in [4.69, 9.17) is 0 Å². The number of hydrogen-bond acceptors (Lipinski definition) is 4. The van der Waals surface area contributed by atoms with E-state index in [1.165, 1.54) is 0 Å². The molecule has 0 fully saturated rings. The summed E-state index contributed by atoms with van der Waals surface area (Å²) < 4.78 is 25.4. The molecule has 1 heterocycles. The first-order valence-corrected chi connectivity index (χ1v) is 8.72. The first-order valence-electron chi connectivity index (χ1n) is 7.06. The van der Waals surface area contributed by atoms with Gasteiger partial charge in [0, 0.05) is 18.9 Å². The van der Waals surface area contributed by atoms with Crippen LogP contribution < -0.4 is 5.32 Å². The van der Waals surface area contributed by atoms with Crippen molar-refractivity contribution in [3.8, 4) is 0 Å². The van der Waals surface area contributed by atoms with Crippen LogP contribution in [0.2, 0.25) is 0 Å². The van der Waals surface area contributed by atoms with Crippen molar-refractivity contribution in [3.05, 3.63) is 18.2 Å². The molecule has 1 aromatic rings. The maximum Gasteiger partial charge on any atom is 0.156 e. The summed E-state index contributed by atoms with van der Waals surface area (Å²) >= 11 is 0. The molecule has 1 N–H and O–H groups in total. The maximum atomic E-state index is 12.1. The molecule has 1 aromatic heterocycles. The zero-order chi connectivity index (χ0) is 15.4. The van der Waals surface area contributed by atoms with E-state index in [9.17, 15) is 8.42 Å². The van der Waals surface area contributed by atoms with E-state index in [2.05, 4.69) is 24.1 Å². The summed E-state index contributed by atoms with van der Waals surface area (Å²) in [5, 5.41) is 3.32. The van der Waals surface area contributed by atoms with Crippen molar-refractivity contribution in [3.63, 3.8) is 0 Å². The van der Waals surface area contributed by atoms with Gasteiger partial charge in [-0.15, -0.1) is 0 Å². The van der Waals surface area contributed by atoms with Crippen LogP contribution in [0.4, 0.5) is 0 Å². The predicted molar refractivity (Wildman–Crippen MR) is 82.3 cm³/mol. The van der Waals surface area contributed by atoms with Crippen LogP contribution in [0, 0.1) is 5.92 Å². The van der Waals surface area contributed by atoms with Gasteiger partial charge in [-0.1, -0.05) is 13.8 Å². The molecule has 0 aromatic carbocycles. The molecule has 0 atom stereocenters. The number of rotatable bonds is 7. The zero-order valence-electron chi connectivity index (χ0n) is 13.2. The molecule has 0 unspecified atom stereocenters. The Labute approximate surface area is 122 Å². The molecule has 6 heteroatoms. The standard InChI is InChI=1S/C14H27N3O2S/c1-12(2)10-15-11-13-16-6-7-17(13)8-9-20(18,19)14(3,4)5/h6-7,12,15H,8-11H2,1-5H3. The first-order chi connectivity index (χ1) is 9.13. The molecule has 116 valence electrons. The highest BCUT2D eigenvalue weighted by Crippen LogP contribution is 2.16. The Morgan fingerprint density at radius 1 is 1.35 bits per heavy atom. The lowest BCUT2D eigenvalue weighted by Crippen LogP contribution is -2.32. The van der Waals surface area contributed by atoms with Gasteiger partial charge in [0.15, 0.2) is 9.84 Å². The third-order valence-electron chi connectivity index (χ3n) is 3.17. The number of imidazole rings is 1. The van der Waals surface area contributed by atoms with Crippen LogP contribution in [-0.2, 0) is 22.9 Å². The van der Waals surface area contributed by atoms with Gasteiger partial charge in [-0.05, 0) is 33.2 Å². The fraction of sp³-hybridized carbons (Fsp3) is 0.786. The van der Waals surface area contributed by atoms with Crippen LogP contribution in [0.3, 0.4) is 0 Å². The summed E-state index contributed by atoms with van der Waals surface area (Å²) in [6.45, 7) is 11.6. The molecule has 0 amide bonds. The van der Waals surface area contributed by atoms with Gasteiger partial charge in [0.05, 0.1) is 17.0 Å². The van der Waals surface area contributed by atoms with Crippen molar-refractivity contribution in [2.24, 2.45) is 5.92 Å². The molecule has 0 spiro atoms. The van der Waals surface area contributed by atoms with Crippen LogP contribution in [0.15, 0.2) is 12.4 Å². The normalized spacial score (nSPS) is 13.1. The van der Waals surface area contributed by atoms with Crippen molar-refractivity contribution < 1.29 is 8.42 Å². The Kier molecular flexibility index (Phi) is 5.77. The second-order valence-corrected chi connectivity index (χ2v) is 9.36. The van der Waals surface area contributed by atoms with E-state index in [1.54, 1.807) is 27.0 Å². The first kappa shape index (κ1) is 17.2. The van der Waals surface area contributed by atoms with Crippen molar-refractivity contribution in [2.75, 3.05) is 12.3 Å². The van der Waals surface area contributed by atoms with Gasteiger partial charge >= 0.3 is 0 Å². The molecule has 5 nitrogen and oxygen atoms in total. The zero-order valence-corrected chi connectivity index (χ0v) is 14.0. The minimum atomic E-state index is -3.09. The van der Waals surface area contributed by atoms with Crippen molar-refractivity contribution in [2.45, 2.75) is 52.5 Å². The van der Waals surface area contributed by atoms with Gasteiger partial charge in [0.2, 0.25) is 0 Å². The number of nitrogens with zero attached hydrogens (tertiary/aromatic N) is 2. The Morgan fingerprint density at radius 2 is 2.00 bits per heavy atom. The van der Waals surface area contributed by atoms with Crippen LogP contribution in [0.1, 0.15) is 40.4 Å². The Hall–Kier alpha value is -0.880. The third-order valence-corrected chi connectivity index (χ3v) is 5.76. The van der Waals surface area contributed by atoms with Crippen LogP contribution in [0.25, 0.3) is 0 Å². The topological polar surface area (TPSA) is 64.0 Å². The van der Waals surface area contributed by atoms with Crippen molar-refractivity contribution in [1.82, 2.24) is 14.9 Å². The van der Waals surface area contributed by atoms with E-state index in [-0.39, 0.29) is 5.75 Å². The van der Waals surface area contributed by atoms with Crippen LogP contribution in [0.5, 0.6) is 0 Å². The maximum absolute atomic E-state index is 12.1. The summed E-state index contributed by atoms with van der Waals surface area (Å²) in [5.74, 6) is 1.61. The largest absolute Gasteiger partial charge is 0.333 e.